The Morgan fingerprint density at radius 1 is 0.889 bits per heavy atom. The van der Waals surface area contributed by atoms with Crippen molar-refractivity contribution in [3.05, 3.63) is 65.7 Å². The molecule has 1 N–H and O–H groups in total. The third-order valence-corrected chi connectivity index (χ3v) is 2.50. The Balaban J connectivity index is 1.75. The van der Waals surface area contributed by atoms with Gasteiger partial charge in [-0.2, -0.15) is 0 Å². The van der Waals surface area contributed by atoms with E-state index in [-0.39, 0.29) is 13.4 Å². The van der Waals surface area contributed by atoms with Gasteiger partial charge in [-0.05, 0) is 23.3 Å². The Labute approximate surface area is 107 Å². The van der Waals surface area contributed by atoms with E-state index in [1.54, 1.807) is 6.07 Å². The molecule has 0 aliphatic heterocycles. The maximum Gasteiger partial charge on any atom is 0.189 e. The summed E-state index contributed by atoms with van der Waals surface area (Å²) in [6.45, 7) is 0.742. The monoisotopic (exact) mass is 244 g/mol. The van der Waals surface area contributed by atoms with E-state index in [0.29, 0.717) is 12.4 Å². The molecular weight excluding hydrogens is 228 g/mol. The van der Waals surface area contributed by atoms with Crippen molar-refractivity contribution >= 4 is 0 Å². The fraction of sp³-hybridized carbons (Fsp3) is 0.200. The molecule has 0 spiro atoms. The van der Waals surface area contributed by atoms with Crippen LogP contribution in [0.3, 0.4) is 0 Å². The van der Waals surface area contributed by atoms with Crippen molar-refractivity contribution in [3.63, 3.8) is 0 Å². The Morgan fingerprint density at radius 3 is 2.44 bits per heavy atom. The molecule has 0 radical (unpaired) electrons. The first-order chi connectivity index (χ1) is 8.88. The molecule has 2 aromatic rings. The van der Waals surface area contributed by atoms with Gasteiger partial charge in [0.15, 0.2) is 6.79 Å². The van der Waals surface area contributed by atoms with Gasteiger partial charge < -0.3 is 14.6 Å². The van der Waals surface area contributed by atoms with E-state index < -0.39 is 0 Å². The molecule has 94 valence electrons. The van der Waals surface area contributed by atoms with Crippen LogP contribution in [0.1, 0.15) is 11.1 Å². The Morgan fingerprint density at radius 2 is 1.67 bits per heavy atom. The van der Waals surface area contributed by atoms with Crippen LogP contribution in [-0.4, -0.2) is 11.9 Å². The standard InChI is InChI=1S/C15H16O3/c16-10-14-7-4-8-15(9-14)18-12-17-11-13-5-2-1-3-6-13/h1-9,16H,10-12H2. The van der Waals surface area contributed by atoms with Crippen LogP contribution in [0.25, 0.3) is 0 Å². The van der Waals surface area contributed by atoms with Crippen molar-refractivity contribution in [3.8, 4) is 5.75 Å². The van der Waals surface area contributed by atoms with Crippen molar-refractivity contribution in [2.75, 3.05) is 6.79 Å². The second-order valence-electron chi connectivity index (χ2n) is 3.90. The van der Waals surface area contributed by atoms with Gasteiger partial charge in [-0.15, -0.1) is 0 Å². The molecule has 0 amide bonds. The van der Waals surface area contributed by atoms with E-state index >= 15 is 0 Å². The van der Waals surface area contributed by atoms with Crippen molar-refractivity contribution in [1.82, 2.24) is 0 Å². The van der Waals surface area contributed by atoms with Crippen LogP contribution in [0.15, 0.2) is 54.6 Å². The summed E-state index contributed by atoms with van der Waals surface area (Å²) in [5.74, 6) is 0.703. The highest BCUT2D eigenvalue weighted by Crippen LogP contribution is 2.13. The summed E-state index contributed by atoms with van der Waals surface area (Å²) >= 11 is 0. The maximum atomic E-state index is 9.00. The lowest BCUT2D eigenvalue weighted by molar-refractivity contribution is 0.00496. The molecule has 18 heavy (non-hydrogen) atoms. The summed E-state index contributed by atoms with van der Waals surface area (Å²) in [4.78, 5) is 0. The van der Waals surface area contributed by atoms with Gasteiger partial charge in [-0.3, -0.25) is 0 Å². The van der Waals surface area contributed by atoms with Crippen molar-refractivity contribution in [2.24, 2.45) is 0 Å². The van der Waals surface area contributed by atoms with Gasteiger partial charge in [0.05, 0.1) is 13.2 Å². The molecule has 0 saturated heterocycles. The summed E-state index contributed by atoms with van der Waals surface area (Å²) in [6, 6.07) is 17.3. The average Bonchev–Trinajstić information content (AvgIpc) is 2.45. The number of aliphatic hydroxyl groups excluding tert-OH is 1. The van der Waals surface area contributed by atoms with E-state index in [4.69, 9.17) is 14.6 Å². The molecule has 0 fully saturated rings. The van der Waals surface area contributed by atoms with Crippen LogP contribution in [0.5, 0.6) is 5.75 Å². The third kappa shape index (κ3) is 3.87. The number of hydrogen-bond acceptors (Lipinski definition) is 3. The largest absolute Gasteiger partial charge is 0.468 e. The van der Waals surface area contributed by atoms with Crippen molar-refractivity contribution < 1.29 is 14.6 Å². The summed E-state index contributed by atoms with van der Waals surface area (Å²) in [5, 5.41) is 9.00. The molecule has 0 aromatic heterocycles. The number of benzene rings is 2. The van der Waals surface area contributed by atoms with E-state index in [2.05, 4.69) is 0 Å². The summed E-state index contributed by atoms with van der Waals surface area (Å²) in [7, 11) is 0. The van der Waals surface area contributed by atoms with Gasteiger partial charge >= 0.3 is 0 Å². The summed E-state index contributed by atoms with van der Waals surface area (Å²) < 4.78 is 10.8. The van der Waals surface area contributed by atoms with E-state index in [1.807, 2.05) is 48.5 Å². The molecule has 0 bridgehead atoms. The van der Waals surface area contributed by atoms with Crippen molar-refractivity contribution in [1.29, 1.82) is 0 Å². The van der Waals surface area contributed by atoms with Crippen LogP contribution in [0.4, 0.5) is 0 Å². The molecule has 3 nitrogen and oxygen atoms in total. The molecule has 0 atom stereocenters. The zero-order valence-corrected chi connectivity index (χ0v) is 10.1. The lowest BCUT2D eigenvalue weighted by Gasteiger charge is -2.08. The van der Waals surface area contributed by atoms with Gasteiger partial charge in [-0.25, -0.2) is 0 Å². The molecule has 0 saturated carbocycles. The SMILES string of the molecule is OCc1cccc(OCOCc2ccccc2)c1. The number of ether oxygens (including phenoxy) is 2. The first-order valence-corrected chi connectivity index (χ1v) is 5.83. The molecule has 0 aliphatic carbocycles. The average molecular weight is 244 g/mol. The van der Waals surface area contributed by atoms with Gasteiger partial charge in [0.2, 0.25) is 0 Å². The van der Waals surface area contributed by atoms with Crippen LogP contribution < -0.4 is 4.74 Å². The molecule has 2 aromatic carbocycles. The predicted molar refractivity (Wildman–Crippen MR) is 69.1 cm³/mol. The minimum Gasteiger partial charge on any atom is -0.468 e. The number of hydrogen-bond donors (Lipinski definition) is 1. The van der Waals surface area contributed by atoms with Gasteiger partial charge in [0.1, 0.15) is 5.75 Å². The molecule has 2 rings (SSSR count). The molecule has 0 aliphatic rings. The van der Waals surface area contributed by atoms with Crippen molar-refractivity contribution in [2.45, 2.75) is 13.2 Å². The second kappa shape index (κ2) is 6.79. The molecule has 3 heteroatoms. The fourth-order valence-electron chi connectivity index (χ4n) is 1.58. The smallest absolute Gasteiger partial charge is 0.189 e. The number of aliphatic hydroxyl groups is 1. The lowest BCUT2D eigenvalue weighted by Crippen LogP contribution is -2.03. The third-order valence-electron chi connectivity index (χ3n) is 2.50. The zero-order chi connectivity index (χ0) is 12.6. The van der Waals surface area contributed by atoms with Gasteiger partial charge in [0, 0.05) is 0 Å². The van der Waals surface area contributed by atoms with E-state index in [9.17, 15) is 0 Å². The fourth-order valence-corrected chi connectivity index (χ4v) is 1.58. The summed E-state index contributed by atoms with van der Waals surface area (Å²) in [5.41, 5.74) is 1.95. The first-order valence-electron chi connectivity index (χ1n) is 5.83. The normalized spacial score (nSPS) is 10.3. The predicted octanol–water partition coefficient (Wildman–Crippen LogP) is 2.73. The minimum absolute atomic E-state index is 0.0159. The Bertz CT molecular complexity index is 468. The lowest BCUT2D eigenvalue weighted by atomic mass is 10.2. The first kappa shape index (κ1) is 12.6. The Kier molecular flexibility index (Phi) is 4.76. The number of rotatable bonds is 6. The van der Waals surface area contributed by atoms with E-state index in [0.717, 1.165) is 11.1 Å². The quantitative estimate of drug-likeness (QED) is 0.627. The topological polar surface area (TPSA) is 38.7 Å². The molecular formula is C15H16O3. The maximum absolute atomic E-state index is 9.00. The zero-order valence-electron chi connectivity index (χ0n) is 10.1. The highest BCUT2D eigenvalue weighted by molar-refractivity contribution is 5.27. The molecule has 0 heterocycles. The van der Waals surface area contributed by atoms with Gasteiger partial charge in [-0.1, -0.05) is 42.5 Å². The van der Waals surface area contributed by atoms with Crippen LogP contribution in [-0.2, 0) is 18.0 Å². The van der Waals surface area contributed by atoms with Crippen LogP contribution >= 0.6 is 0 Å². The molecule has 0 unspecified atom stereocenters. The Hall–Kier alpha value is -1.84. The summed E-state index contributed by atoms with van der Waals surface area (Å²) in [6.07, 6.45) is 0. The van der Waals surface area contributed by atoms with E-state index in [1.165, 1.54) is 0 Å². The minimum atomic E-state index is 0.0159. The van der Waals surface area contributed by atoms with Crippen LogP contribution in [0, 0.1) is 0 Å². The van der Waals surface area contributed by atoms with Crippen LogP contribution in [0.2, 0.25) is 0 Å². The highest BCUT2D eigenvalue weighted by atomic mass is 16.7. The second-order valence-corrected chi connectivity index (χ2v) is 3.90. The highest BCUT2D eigenvalue weighted by Gasteiger charge is 1.96. The van der Waals surface area contributed by atoms with Gasteiger partial charge in [0.25, 0.3) is 0 Å².